The Labute approximate surface area is 224 Å². The number of benzene rings is 4. The second kappa shape index (κ2) is 8.06. The molecule has 0 unspecified atom stereocenters. The Morgan fingerprint density at radius 2 is 1.14 bits per heavy atom. The SMILES string of the molecule is CC(C)(C)c1ccnc(-n2c3ccccc3c3cc(-n4c5ccccc5c5ccccc54)c(Br)cc32)c1. The van der Waals surface area contributed by atoms with E-state index in [4.69, 9.17) is 4.98 Å². The summed E-state index contributed by atoms with van der Waals surface area (Å²) in [5.74, 6) is 0.940. The lowest BCUT2D eigenvalue weighted by Crippen LogP contribution is -2.12. The van der Waals surface area contributed by atoms with Gasteiger partial charge < -0.3 is 4.57 Å². The molecule has 0 N–H and O–H groups in total. The van der Waals surface area contributed by atoms with Crippen LogP contribution < -0.4 is 0 Å². The fraction of sp³-hybridized carbons (Fsp3) is 0.121. The summed E-state index contributed by atoms with van der Waals surface area (Å²) in [4.78, 5) is 4.82. The van der Waals surface area contributed by atoms with Crippen LogP contribution in [0.15, 0.2) is 108 Å². The van der Waals surface area contributed by atoms with Crippen molar-refractivity contribution in [2.24, 2.45) is 0 Å². The number of hydrogen-bond acceptors (Lipinski definition) is 1. The molecule has 37 heavy (non-hydrogen) atoms. The van der Waals surface area contributed by atoms with Crippen LogP contribution in [0.25, 0.3) is 55.1 Å². The van der Waals surface area contributed by atoms with E-state index in [0.29, 0.717) is 0 Å². The average Bonchev–Trinajstić information content (AvgIpc) is 3.40. The number of fused-ring (bicyclic) bond motifs is 6. The van der Waals surface area contributed by atoms with Crippen LogP contribution in [0, 0.1) is 0 Å². The molecule has 4 heteroatoms. The van der Waals surface area contributed by atoms with Gasteiger partial charge in [-0.15, -0.1) is 0 Å². The van der Waals surface area contributed by atoms with Crippen LogP contribution in [0.1, 0.15) is 26.3 Å². The lowest BCUT2D eigenvalue weighted by atomic mass is 9.88. The zero-order chi connectivity index (χ0) is 25.3. The van der Waals surface area contributed by atoms with E-state index < -0.39 is 0 Å². The molecule has 3 nitrogen and oxygen atoms in total. The predicted octanol–water partition coefficient (Wildman–Crippen LogP) is 9.34. The molecule has 0 atom stereocenters. The summed E-state index contributed by atoms with van der Waals surface area (Å²) in [7, 11) is 0. The van der Waals surface area contributed by atoms with Crippen molar-refractivity contribution in [2.75, 3.05) is 0 Å². The minimum atomic E-state index is 0.0424. The molecule has 7 aromatic rings. The Morgan fingerprint density at radius 1 is 0.595 bits per heavy atom. The molecule has 0 aliphatic carbocycles. The maximum absolute atomic E-state index is 4.82. The normalized spacial score (nSPS) is 12.3. The van der Waals surface area contributed by atoms with Gasteiger partial charge in [-0.1, -0.05) is 75.4 Å². The first kappa shape index (κ1) is 22.3. The zero-order valence-electron chi connectivity index (χ0n) is 21.0. The molecule has 0 fully saturated rings. The minimum absolute atomic E-state index is 0.0424. The van der Waals surface area contributed by atoms with E-state index in [1.807, 2.05) is 6.20 Å². The first-order chi connectivity index (χ1) is 17.9. The highest BCUT2D eigenvalue weighted by molar-refractivity contribution is 9.10. The third-order valence-electron chi connectivity index (χ3n) is 7.40. The molecule has 0 saturated carbocycles. The zero-order valence-corrected chi connectivity index (χ0v) is 22.6. The number of hydrogen-bond donors (Lipinski definition) is 0. The van der Waals surface area contributed by atoms with Gasteiger partial charge in [0.05, 0.1) is 27.8 Å². The number of nitrogens with zero attached hydrogens (tertiary/aromatic N) is 3. The van der Waals surface area contributed by atoms with E-state index >= 15 is 0 Å². The number of aromatic nitrogens is 3. The van der Waals surface area contributed by atoms with Gasteiger partial charge in [0.2, 0.25) is 0 Å². The van der Waals surface area contributed by atoms with Crippen LogP contribution >= 0.6 is 15.9 Å². The summed E-state index contributed by atoms with van der Waals surface area (Å²) >= 11 is 3.97. The summed E-state index contributed by atoms with van der Waals surface area (Å²) in [6.07, 6.45) is 1.93. The van der Waals surface area contributed by atoms with Crippen LogP contribution in [0.5, 0.6) is 0 Å². The average molecular weight is 544 g/mol. The van der Waals surface area contributed by atoms with Crippen molar-refractivity contribution in [2.45, 2.75) is 26.2 Å². The first-order valence-corrected chi connectivity index (χ1v) is 13.4. The third-order valence-corrected chi connectivity index (χ3v) is 8.04. The third kappa shape index (κ3) is 3.36. The van der Waals surface area contributed by atoms with E-state index in [-0.39, 0.29) is 5.41 Å². The van der Waals surface area contributed by atoms with Gasteiger partial charge in [0.25, 0.3) is 0 Å². The van der Waals surface area contributed by atoms with Gasteiger partial charge in [-0.3, -0.25) is 4.57 Å². The van der Waals surface area contributed by atoms with Gasteiger partial charge in [-0.25, -0.2) is 4.98 Å². The number of para-hydroxylation sites is 3. The monoisotopic (exact) mass is 543 g/mol. The largest absolute Gasteiger partial charge is 0.308 e. The summed E-state index contributed by atoms with van der Waals surface area (Å²) < 4.78 is 5.71. The Bertz CT molecular complexity index is 1930. The van der Waals surface area contributed by atoms with Crippen molar-refractivity contribution in [1.82, 2.24) is 14.1 Å². The molecule has 0 aliphatic heterocycles. The Hall–Kier alpha value is -3.89. The van der Waals surface area contributed by atoms with E-state index in [0.717, 1.165) is 27.0 Å². The molecule has 0 amide bonds. The van der Waals surface area contributed by atoms with E-state index in [2.05, 4.69) is 143 Å². The van der Waals surface area contributed by atoms with Gasteiger partial charge in [0, 0.05) is 32.2 Å². The summed E-state index contributed by atoms with van der Waals surface area (Å²) in [5.41, 5.74) is 7.13. The van der Waals surface area contributed by atoms with Crippen molar-refractivity contribution in [1.29, 1.82) is 0 Å². The second-order valence-electron chi connectivity index (χ2n) is 10.7. The minimum Gasteiger partial charge on any atom is -0.308 e. The van der Waals surface area contributed by atoms with Crippen LogP contribution in [-0.4, -0.2) is 14.1 Å². The van der Waals surface area contributed by atoms with Crippen molar-refractivity contribution >= 4 is 59.5 Å². The number of halogens is 1. The van der Waals surface area contributed by atoms with Crippen molar-refractivity contribution in [3.63, 3.8) is 0 Å². The molecule has 0 aliphatic rings. The Balaban J connectivity index is 1.57. The fourth-order valence-electron chi connectivity index (χ4n) is 5.59. The van der Waals surface area contributed by atoms with Gasteiger partial charge in [0.1, 0.15) is 5.82 Å². The quantitative estimate of drug-likeness (QED) is 0.213. The molecule has 0 radical (unpaired) electrons. The maximum Gasteiger partial charge on any atom is 0.137 e. The first-order valence-electron chi connectivity index (χ1n) is 12.6. The molecular weight excluding hydrogens is 518 g/mol. The molecule has 4 aromatic carbocycles. The van der Waals surface area contributed by atoms with E-state index in [1.165, 1.54) is 38.1 Å². The number of rotatable bonds is 2. The highest BCUT2D eigenvalue weighted by Gasteiger charge is 2.20. The molecule has 0 saturated heterocycles. The van der Waals surface area contributed by atoms with E-state index in [1.54, 1.807) is 0 Å². The van der Waals surface area contributed by atoms with Gasteiger partial charge in [0.15, 0.2) is 0 Å². The van der Waals surface area contributed by atoms with Crippen molar-refractivity contribution in [3.8, 4) is 11.5 Å². The highest BCUT2D eigenvalue weighted by atomic mass is 79.9. The molecule has 0 spiro atoms. The van der Waals surface area contributed by atoms with Gasteiger partial charge in [-0.05, 0) is 69.4 Å². The molecule has 3 heterocycles. The van der Waals surface area contributed by atoms with Crippen LogP contribution in [0.2, 0.25) is 0 Å². The molecule has 7 rings (SSSR count). The summed E-state index contributed by atoms with van der Waals surface area (Å²) in [6, 6.07) is 34.8. The standard InChI is InChI=1S/C33H26BrN3/c1-33(2,3)21-16-17-35-32(18-21)37-29-15-9-6-12-24(29)25-19-31(26(34)20-30(25)37)36-27-13-7-4-10-22(27)23-11-5-8-14-28(23)36/h4-20H,1-3H3. The molecule has 180 valence electrons. The van der Waals surface area contributed by atoms with Crippen LogP contribution in [0.4, 0.5) is 0 Å². The lowest BCUT2D eigenvalue weighted by molar-refractivity contribution is 0.588. The highest BCUT2D eigenvalue weighted by Crippen LogP contribution is 2.40. The molecule has 3 aromatic heterocycles. The van der Waals surface area contributed by atoms with Crippen LogP contribution in [0.3, 0.4) is 0 Å². The Kier molecular flexibility index (Phi) is 4.86. The van der Waals surface area contributed by atoms with Crippen molar-refractivity contribution < 1.29 is 0 Å². The van der Waals surface area contributed by atoms with E-state index in [9.17, 15) is 0 Å². The second-order valence-corrected chi connectivity index (χ2v) is 11.6. The molecule has 0 bridgehead atoms. The van der Waals surface area contributed by atoms with Gasteiger partial charge in [-0.2, -0.15) is 0 Å². The Morgan fingerprint density at radius 3 is 1.73 bits per heavy atom. The van der Waals surface area contributed by atoms with Gasteiger partial charge >= 0.3 is 0 Å². The summed E-state index contributed by atoms with van der Waals surface area (Å²) in [5, 5.41) is 4.94. The smallest absolute Gasteiger partial charge is 0.137 e. The topological polar surface area (TPSA) is 22.8 Å². The summed E-state index contributed by atoms with van der Waals surface area (Å²) in [6.45, 7) is 6.73. The van der Waals surface area contributed by atoms with Crippen LogP contribution in [-0.2, 0) is 5.41 Å². The molecular formula is C33H26BrN3. The predicted molar refractivity (Wildman–Crippen MR) is 159 cm³/mol. The fourth-order valence-corrected chi connectivity index (χ4v) is 6.09. The maximum atomic E-state index is 4.82. The van der Waals surface area contributed by atoms with Crippen molar-refractivity contribution in [3.05, 3.63) is 113 Å². The number of pyridine rings is 1. The lowest BCUT2D eigenvalue weighted by Gasteiger charge is -2.20.